The summed E-state index contributed by atoms with van der Waals surface area (Å²) in [6.07, 6.45) is 1.22. The zero-order valence-corrected chi connectivity index (χ0v) is 18.3. The molecule has 1 fully saturated rings. The third kappa shape index (κ3) is 4.04. The highest BCUT2D eigenvalue weighted by Crippen LogP contribution is 2.32. The minimum atomic E-state index is -1.12. The normalized spacial score (nSPS) is 15.2. The SMILES string of the molecule is Cc1cccc(N2C(=O)NC(=O)/C(=C\c3ccc(-c4cc(C(=O)O)ccc4Cl)o3)C2=O)c1C. The van der Waals surface area contributed by atoms with E-state index in [2.05, 4.69) is 5.32 Å². The first kappa shape index (κ1) is 22.0. The molecule has 0 spiro atoms. The van der Waals surface area contributed by atoms with Crippen LogP contribution in [0.3, 0.4) is 0 Å². The Bertz CT molecular complexity index is 1370. The first-order chi connectivity index (χ1) is 15.7. The van der Waals surface area contributed by atoms with Crippen molar-refractivity contribution >= 4 is 47.2 Å². The van der Waals surface area contributed by atoms with E-state index in [9.17, 15) is 24.3 Å². The topological polar surface area (TPSA) is 117 Å². The Morgan fingerprint density at radius 1 is 1.09 bits per heavy atom. The molecule has 0 bridgehead atoms. The van der Waals surface area contributed by atoms with Gasteiger partial charge < -0.3 is 9.52 Å². The van der Waals surface area contributed by atoms with Crippen molar-refractivity contribution in [3.63, 3.8) is 0 Å². The van der Waals surface area contributed by atoms with Gasteiger partial charge in [-0.2, -0.15) is 0 Å². The molecule has 1 saturated heterocycles. The van der Waals surface area contributed by atoms with Crippen LogP contribution in [-0.4, -0.2) is 28.9 Å². The number of carbonyl (C=O) groups excluding carboxylic acids is 3. The Hall–Kier alpha value is -4.17. The van der Waals surface area contributed by atoms with Crippen molar-refractivity contribution in [2.24, 2.45) is 0 Å². The number of amides is 4. The maximum Gasteiger partial charge on any atom is 0.335 e. The summed E-state index contributed by atoms with van der Waals surface area (Å²) in [7, 11) is 0. The van der Waals surface area contributed by atoms with Gasteiger partial charge in [0.05, 0.1) is 16.3 Å². The summed E-state index contributed by atoms with van der Waals surface area (Å²) < 4.78 is 5.71. The minimum absolute atomic E-state index is 0.0234. The molecule has 2 N–H and O–H groups in total. The van der Waals surface area contributed by atoms with E-state index in [0.29, 0.717) is 11.3 Å². The lowest BCUT2D eigenvalue weighted by molar-refractivity contribution is -0.122. The van der Waals surface area contributed by atoms with Gasteiger partial charge in [0.15, 0.2) is 0 Å². The molecule has 0 unspecified atom stereocenters. The van der Waals surface area contributed by atoms with Crippen molar-refractivity contribution in [2.45, 2.75) is 13.8 Å². The van der Waals surface area contributed by atoms with Gasteiger partial charge in [-0.1, -0.05) is 23.7 Å². The van der Waals surface area contributed by atoms with E-state index in [1.807, 2.05) is 13.0 Å². The quantitative estimate of drug-likeness (QED) is 0.431. The molecule has 4 rings (SSSR count). The number of imide groups is 2. The van der Waals surface area contributed by atoms with Crippen molar-refractivity contribution in [1.29, 1.82) is 0 Å². The lowest BCUT2D eigenvalue weighted by Crippen LogP contribution is -2.54. The highest BCUT2D eigenvalue weighted by atomic mass is 35.5. The third-order valence-electron chi connectivity index (χ3n) is 5.31. The van der Waals surface area contributed by atoms with Crippen LogP contribution in [0.15, 0.2) is 58.5 Å². The number of anilines is 1. The number of nitrogens with zero attached hydrogens (tertiary/aromatic N) is 1. The highest BCUT2D eigenvalue weighted by Gasteiger charge is 2.37. The van der Waals surface area contributed by atoms with Crippen molar-refractivity contribution in [3.8, 4) is 11.3 Å². The Morgan fingerprint density at radius 2 is 1.85 bits per heavy atom. The van der Waals surface area contributed by atoms with Gasteiger partial charge in [0.25, 0.3) is 11.8 Å². The molecule has 9 heteroatoms. The first-order valence-corrected chi connectivity index (χ1v) is 10.2. The second-order valence-electron chi connectivity index (χ2n) is 7.38. The number of benzene rings is 2. The number of nitrogens with one attached hydrogen (secondary N) is 1. The second kappa shape index (κ2) is 8.40. The zero-order chi connectivity index (χ0) is 23.9. The molecule has 0 radical (unpaired) electrons. The van der Waals surface area contributed by atoms with Crippen molar-refractivity contribution in [3.05, 3.63) is 81.6 Å². The van der Waals surface area contributed by atoms with E-state index < -0.39 is 23.8 Å². The molecule has 1 aliphatic rings. The van der Waals surface area contributed by atoms with Crippen LogP contribution in [0.25, 0.3) is 17.4 Å². The monoisotopic (exact) mass is 464 g/mol. The molecule has 0 saturated carbocycles. The number of carboxylic acids is 1. The van der Waals surface area contributed by atoms with E-state index in [1.54, 1.807) is 19.1 Å². The summed E-state index contributed by atoms with van der Waals surface area (Å²) in [5, 5.41) is 11.7. The maximum atomic E-state index is 13.1. The largest absolute Gasteiger partial charge is 0.478 e. The van der Waals surface area contributed by atoms with Crippen LogP contribution in [-0.2, 0) is 9.59 Å². The molecule has 3 aromatic rings. The maximum absolute atomic E-state index is 13.1. The number of aryl methyl sites for hydroxylation is 1. The molecule has 1 aromatic heterocycles. The molecule has 2 aromatic carbocycles. The summed E-state index contributed by atoms with van der Waals surface area (Å²) in [4.78, 5) is 50.2. The van der Waals surface area contributed by atoms with Crippen LogP contribution < -0.4 is 10.2 Å². The molecule has 0 atom stereocenters. The van der Waals surface area contributed by atoms with Crippen LogP contribution in [0.2, 0.25) is 5.02 Å². The number of carboxylic acid groups (broad SMARTS) is 1. The van der Waals surface area contributed by atoms with E-state index in [-0.39, 0.29) is 27.7 Å². The zero-order valence-electron chi connectivity index (χ0n) is 17.5. The predicted molar refractivity (Wildman–Crippen MR) is 121 cm³/mol. The van der Waals surface area contributed by atoms with Crippen molar-refractivity contribution in [2.75, 3.05) is 4.90 Å². The summed E-state index contributed by atoms with van der Waals surface area (Å²) >= 11 is 6.18. The number of halogens is 1. The lowest BCUT2D eigenvalue weighted by Gasteiger charge is -2.27. The Balaban J connectivity index is 1.72. The number of furan rings is 1. The average molecular weight is 465 g/mol. The van der Waals surface area contributed by atoms with Crippen molar-refractivity contribution < 1.29 is 28.7 Å². The fourth-order valence-electron chi connectivity index (χ4n) is 3.42. The lowest BCUT2D eigenvalue weighted by atomic mass is 10.0. The molecule has 2 heterocycles. The molecule has 8 nitrogen and oxygen atoms in total. The van der Waals surface area contributed by atoms with Gasteiger partial charge in [-0.25, -0.2) is 14.5 Å². The van der Waals surface area contributed by atoms with Gasteiger partial charge in [-0.3, -0.25) is 14.9 Å². The summed E-state index contributed by atoms with van der Waals surface area (Å²) in [6.45, 7) is 3.63. The Morgan fingerprint density at radius 3 is 2.58 bits per heavy atom. The van der Waals surface area contributed by atoms with Gasteiger partial charge in [0.2, 0.25) is 0 Å². The van der Waals surface area contributed by atoms with E-state index in [4.69, 9.17) is 16.0 Å². The van der Waals surface area contributed by atoms with Crippen LogP contribution in [0, 0.1) is 13.8 Å². The van der Waals surface area contributed by atoms with Crippen LogP contribution in [0.1, 0.15) is 27.2 Å². The molecule has 0 aliphatic carbocycles. The summed E-state index contributed by atoms with van der Waals surface area (Å²) in [6, 6.07) is 11.6. The molecular weight excluding hydrogens is 448 g/mol. The Labute approximate surface area is 193 Å². The van der Waals surface area contributed by atoms with E-state index in [0.717, 1.165) is 16.0 Å². The summed E-state index contributed by atoms with van der Waals surface area (Å²) in [5.41, 5.74) is 2.05. The fraction of sp³-hybridized carbons (Fsp3) is 0.0833. The number of aromatic carboxylic acids is 1. The number of hydrogen-bond donors (Lipinski definition) is 2. The standard InChI is InChI=1S/C24H17ClN2O6/c1-12-4-3-5-19(13(12)2)27-22(29)17(21(28)26-24(27)32)11-15-7-9-20(33-15)16-10-14(23(30)31)6-8-18(16)25/h3-11H,1-2H3,(H,30,31)(H,26,28,32)/b17-11+. The molecule has 4 amide bonds. The number of carbonyl (C=O) groups is 4. The smallest absolute Gasteiger partial charge is 0.335 e. The third-order valence-corrected chi connectivity index (χ3v) is 5.64. The predicted octanol–water partition coefficient (Wildman–Crippen LogP) is 4.58. The number of barbiturate groups is 1. The first-order valence-electron chi connectivity index (χ1n) is 9.78. The van der Waals surface area contributed by atoms with Gasteiger partial charge in [-0.05, 0) is 67.4 Å². The molecule has 33 heavy (non-hydrogen) atoms. The van der Waals surface area contributed by atoms with E-state index >= 15 is 0 Å². The van der Waals surface area contributed by atoms with Gasteiger partial charge >= 0.3 is 12.0 Å². The summed E-state index contributed by atoms with van der Waals surface area (Å²) in [5.74, 6) is -2.36. The average Bonchev–Trinajstić information content (AvgIpc) is 3.22. The van der Waals surface area contributed by atoms with Gasteiger partial charge in [-0.15, -0.1) is 0 Å². The van der Waals surface area contributed by atoms with Crippen LogP contribution >= 0.6 is 11.6 Å². The van der Waals surface area contributed by atoms with Gasteiger partial charge in [0.1, 0.15) is 17.1 Å². The molecular formula is C24H17ClN2O6. The number of rotatable bonds is 4. The van der Waals surface area contributed by atoms with Gasteiger partial charge in [0, 0.05) is 5.56 Å². The number of hydrogen-bond acceptors (Lipinski definition) is 5. The minimum Gasteiger partial charge on any atom is -0.478 e. The van der Waals surface area contributed by atoms with Crippen LogP contribution in [0.5, 0.6) is 0 Å². The molecule has 166 valence electrons. The Kier molecular flexibility index (Phi) is 5.61. The second-order valence-corrected chi connectivity index (χ2v) is 7.79. The van der Waals surface area contributed by atoms with Crippen molar-refractivity contribution in [1.82, 2.24) is 5.32 Å². The van der Waals surface area contributed by atoms with E-state index in [1.165, 1.54) is 36.4 Å². The highest BCUT2D eigenvalue weighted by molar-refractivity contribution is 6.39. The van der Waals surface area contributed by atoms with Crippen LogP contribution in [0.4, 0.5) is 10.5 Å². The molecule has 1 aliphatic heterocycles. The number of urea groups is 1. The fourth-order valence-corrected chi connectivity index (χ4v) is 3.63.